The number of fused-ring (bicyclic) bond motifs is 1. The fourth-order valence-corrected chi connectivity index (χ4v) is 2.01. The second-order valence-electron chi connectivity index (χ2n) is 4.66. The highest BCUT2D eigenvalue weighted by atomic mass is 16.5. The molecule has 0 atom stereocenters. The SMILES string of the molecule is Cc1nnc(Oc2ccc3cccnc3c2)c(C#N)c1C. The summed E-state index contributed by atoms with van der Waals surface area (Å²) in [6.45, 7) is 3.64. The van der Waals surface area contributed by atoms with Gasteiger partial charge in [-0.1, -0.05) is 6.07 Å². The lowest BCUT2D eigenvalue weighted by Crippen LogP contribution is -2.00. The number of hydrogen-bond acceptors (Lipinski definition) is 5. The maximum Gasteiger partial charge on any atom is 0.257 e. The van der Waals surface area contributed by atoms with E-state index in [4.69, 9.17) is 4.74 Å². The van der Waals surface area contributed by atoms with Crippen LogP contribution in [0.5, 0.6) is 11.6 Å². The van der Waals surface area contributed by atoms with Gasteiger partial charge in [0, 0.05) is 17.6 Å². The third-order valence-corrected chi connectivity index (χ3v) is 3.33. The van der Waals surface area contributed by atoms with E-state index in [1.165, 1.54) is 0 Å². The smallest absolute Gasteiger partial charge is 0.257 e. The first-order valence-electron chi connectivity index (χ1n) is 6.45. The number of aromatic nitrogens is 3. The zero-order chi connectivity index (χ0) is 14.8. The predicted octanol–water partition coefficient (Wildman–Crippen LogP) is 3.31. The van der Waals surface area contributed by atoms with Crippen molar-refractivity contribution in [3.05, 3.63) is 53.3 Å². The van der Waals surface area contributed by atoms with Crippen molar-refractivity contribution in [2.45, 2.75) is 13.8 Å². The first-order chi connectivity index (χ1) is 10.2. The van der Waals surface area contributed by atoms with Crippen LogP contribution in [0.2, 0.25) is 0 Å². The molecule has 0 unspecified atom stereocenters. The van der Waals surface area contributed by atoms with E-state index in [9.17, 15) is 5.26 Å². The monoisotopic (exact) mass is 276 g/mol. The molecule has 0 bridgehead atoms. The average Bonchev–Trinajstić information content (AvgIpc) is 2.51. The van der Waals surface area contributed by atoms with Crippen molar-refractivity contribution in [3.63, 3.8) is 0 Å². The molecule has 102 valence electrons. The number of benzene rings is 1. The van der Waals surface area contributed by atoms with E-state index >= 15 is 0 Å². The Balaban J connectivity index is 2.03. The molecule has 5 heteroatoms. The van der Waals surface area contributed by atoms with Crippen LogP contribution < -0.4 is 4.74 Å². The molecule has 0 saturated carbocycles. The number of hydrogen-bond donors (Lipinski definition) is 0. The minimum Gasteiger partial charge on any atom is -0.436 e. The van der Waals surface area contributed by atoms with Crippen molar-refractivity contribution in [3.8, 4) is 17.7 Å². The van der Waals surface area contributed by atoms with Gasteiger partial charge in [-0.05, 0) is 37.6 Å². The highest BCUT2D eigenvalue weighted by molar-refractivity contribution is 5.79. The molecule has 0 spiro atoms. The molecule has 0 aliphatic carbocycles. The van der Waals surface area contributed by atoms with Gasteiger partial charge in [0.05, 0.1) is 11.2 Å². The summed E-state index contributed by atoms with van der Waals surface area (Å²) >= 11 is 0. The molecule has 1 aromatic carbocycles. The quantitative estimate of drug-likeness (QED) is 0.718. The summed E-state index contributed by atoms with van der Waals surface area (Å²) in [4.78, 5) is 4.28. The van der Waals surface area contributed by atoms with Gasteiger partial charge in [-0.25, -0.2) is 0 Å². The summed E-state index contributed by atoms with van der Waals surface area (Å²) in [6, 6.07) is 11.5. The number of rotatable bonds is 2. The van der Waals surface area contributed by atoms with E-state index in [1.54, 1.807) is 6.20 Å². The average molecular weight is 276 g/mol. The van der Waals surface area contributed by atoms with E-state index in [-0.39, 0.29) is 5.88 Å². The molecule has 2 aromatic heterocycles. The number of pyridine rings is 1. The summed E-state index contributed by atoms with van der Waals surface area (Å²) in [6.07, 6.45) is 1.72. The molecule has 0 N–H and O–H groups in total. The third-order valence-electron chi connectivity index (χ3n) is 3.33. The number of nitrogens with zero attached hydrogens (tertiary/aromatic N) is 4. The molecule has 3 rings (SSSR count). The molecule has 0 amide bonds. The molecule has 21 heavy (non-hydrogen) atoms. The Hall–Kier alpha value is -3.00. The van der Waals surface area contributed by atoms with E-state index in [1.807, 2.05) is 44.2 Å². The van der Waals surface area contributed by atoms with Crippen LogP contribution in [0, 0.1) is 25.2 Å². The topological polar surface area (TPSA) is 71.7 Å². The van der Waals surface area contributed by atoms with Gasteiger partial charge in [0.1, 0.15) is 17.4 Å². The summed E-state index contributed by atoms with van der Waals surface area (Å²) in [7, 11) is 0. The van der Waals surface area contributed by atoms with E-state index in [2.05, 4.69) is 21.3 Å². The van der Waals surface area contributed by atoms with Gasteiger partial charge in [-0.3, -0.25) is 4.98 Å². The van der Waals surface area contributed by atoms with Crippen molar-refractivity contribution < 1.29 is 4.74 Å². The summed E-state index contributed by atoms with van der Waals surface area (Å²) in [5.41, 5.74) is 2.73. The van der Waals surface area contributed by atoms with Gasteiger partial charge in [-0.15, -0.1) is 5.10 Å². The number of aryl methyl sites for hydroxylation is 1. The fraction of sp³-hybridized carbons (Fsp3) is 0.125. The highest BCUT2D eigenvalue weighted by Crippen LogP contribution is 2.27. The Labute approximate surface area is 121 Å². The zero-order valence-electron chi connectivity index (χ0n) is 11.7. The van der Waals surface area contributed by atoms with Crippen molar-refractivity contribution >= 4 is 10.9 Å². The molecular weight excluding hydrogens is 264 g/mol. The van der Waals surface area contributed by atoms with Gasteiger partial charge >= 0.3 is 0 Å². The lowest BCUT2D eigenvalue weighted by molar-refractivity contribution is 0.452. The molecule has 3 aromatic rings. The van der Waals surface area contributed by atoms with Crippen LogP contribution in [-0.2, 0) is 0 Å². The Morgan fingerprint density at radius 3 is 2.81 bits per heavy atom. The van der Waals surface area contributed by atoms with Crippen LogP contribution in [-0.4, -0.2) is 15.2 Å². The molecule has 5 nitrogen and oxygen atoms in total. The third kappa shape index (κ3) is 2.39. The molecule has 2 heterocycles. The minimum absolute atomic E-state index is 0.218. The van der Waals surface area contributed by atoms with Gasteiger partial charge < -0.3 is 4.74 Å². The molecule has 0 aliphatic heterocycles. The molecule has 0 saturated heterocycles. The van der Waals surface area contributed by atoms with E-state index < -0.39 is 0 Å². The van der Waals surface area contributed by atoms with Crippen LogP contribution in [0.3, 0.4) is 0 Å². The van der Waals surface area contributed by atoms with Crippen LogP contribution in [0.4, 0.5) is 0 Å². The van der Waals surface area contributed by atoms with Crippen molar-refractivity contribution in [2.24, 2.45) is 0 Å². The highest BCUT2D eigenvalue weighted by Gasteiger charge is 2.13. The van der Waals surface area contributed by atoms with Crippen molar-refractivity contribution in [1.82, 2.24) is 15.2 Å². The van der Waals surface area contributed by atoms with E-state index in [0.29, 0.717) is 11.3 Å². The maximum atomic E-state index is 9.26. The fourth-order valence-electron chi connectivity index (χ4n) is 2.01. The molecular formula is C16H12N4O. The lowest BCUT2D eigenvalue weighted by atomic mass is 10.1. The second kappa shape index (κ2) is 5.17. The largest absolute Gasteiger partial charge is 0.436 e. The summed E-state index contributed by atoms with van der Waals surface area (Å²) < 4.78 is 5.71. The standard InChI is InChI=1S/C16H12N4O/c1-10-11(2)19-20-16(14(10)9-17)21-13-6-5-12-4-3-7-18-15(12)8-13/h3-8H,1-2H3. The normalized spacial score (nSPS) is 10.3. The Bertz CT molecular complexity index is 868. The number of nitriles is 1. The van der Waals surface area contributed by atoms with Gasteiger partial charge in [0.25, 0.3) is 5.88 Å². The number of ether oxygens (including phenoxy) is 1. The van der Waals surface area contributed by atoms with Crippen molar-refractivity contribution in [2.75, 3.05) is 0 Å². The minimum atomic E-state index is 0.218. The zero-order valence-corrected chi connectivity index (χ0v) is 11.7. The first kappa shape index (κ1) is 13.0. The van der Waals surface area contributed by atoms with Gasteiger partial charge in [0.2, 0.25) is 0 Å². The van der Waals surface area contributed by atoms with Crippen LogP contribution in [0.15, 0.2) is 36.5 Å². The second-order valence-corrected chi connectivity index (χ2v) is 4.66. The van der Waals surface area contributed by atoms with Crippen LogP contribution in [0.1, 0.15) is 16.8 Å². The maximum absolute atomic E-state index is 9.26. The van der Waals surface area contributed by atoms with Gasteiger partial charge in [0.15, 0.2) is 0 Å². The molecule has 0 radical (unpaired) electrons. The Morgan fingerprint density at radius 2 is 2.00 bits per heavy atom. The Morgan fingerprint density at radius 1 is 1.14 bits per heavy atom. The molecule has 0 fully saturated rings. The summed E-state index contributed by atoms with van der Waals surface area (Å²) in [5, 5.41) is 18.3. The van der Waals surface area contributed by atoms with E-state index in [0.717, 1.165) is 22.2 Å². The Kier molecular flexibility index (Phi) is 3.20. The van der Waals surface area contributed by atoms with Crippen molar-refractivity contribution in [1.29, 1.82) is 5.26 Å². The van der Waals surface area contributed by atoms with Crippen LogP contribution in [0.25, 0.3) is 10.9 Å². The summed E-state index contributed by atoms with van der Waals surface area (Å²) in [5.74, 6) is 0.797. The van der Waals surface area contributed by atoms with Crippen LogP contribution >= 0.6 is 0 Å². The molecule has 0 aliphatic rings. The first-order valence-corrected chi connectivity index (χ1v) is 6.45. The predicted molar refractivity (Wildman–Crippen MR) is 78.0 cm³/mol. The lowest BCUT2D eigenvalue weighted by Gasteiger charge is -2.09. The van der Waals surface area contributed by atoms with Gasteiger partial charge in [-0.2, -0.15) is 10.4 Å².